The van der Waals surface area contributed by atoms with Crippen molar-refractivity contribution in [2.45, 2.75) is 39.2 Å². The Kier molecular flexibility index (Phi) is 8.41. The summed E-state index contributed by atoms with van der Waals surface area (Å²) in [7, 11) is 1.91. The van der Waals surface area contributed by atoms with Gasteiger partial charge < -0.3 is 15.1 Å². The number of nitrogens with zero attached hydrogens (tertiary/aromatic N) is 6. The molecule has 0 radical (unpaired) electrons. The number of aromatic nitrogens is 3. The highest BCUT2D eigenvalue weighted by Gasteiger charge is 2.27. The molecule has 2 fully saturated rings. The molecular formula is C17H32IN7. The Bertz CT molecular complexity index is 539. The Morgan fingerprint density at radius 1 is 1.28 bits per heavy atom. The molecule has 1 aromatic rings. The van der Waals surface area contributed by atoms with Crippen molar-refractivity contribution >= 4 is 29.9 Å². The number of aliphatic imine (C=N–C) groups is 1. The van der Waals surface area contributed by atoms with Crippen molar-refractivity contribution in [3.05, 3.63) is 12.2 Å². The summed E-state index contributed by atoms with van der Waals surface area (Å²) >= 11 is 0. The average molecular weight is 461 g/mol. The molecule has 0 saturated carbocycles. The van der Waals surface area contributed by atoms with Crippen LogP contribution in [0.2, 0.25) is 0 Å². The Hall–Kier alpha value is -0.900. The van der Waals surface area contributed by atoms with Gasteiger partial charge in [0.15, 0.2) is 5.96 Å². The molecule has 1 N–H and O–H groups in total. The lowest BCUT2D eigenvalue weighted by molar-refractivity contribution is 0.198. The number of nitrogens with one attached hydrogen (secondary N) is 1. The molecule has 0 amide bonds. The van der Waals surface area contributed by atoms with Crippen LogP contribution in [-0.2, 0) is 13.6 Å². The zero-order valence-electron chi connectivity index (χ0n) is 15.5. The third-order valence-electron chi connectivity index (χ3n) is 5.06. The van der Waals surface area contributed by atoms with Gasteiger partial charge in [-0.3, -0.25) is 4.68 Å². The van der Waals surface area contributed by atoms with Crippen LogP contribution < -0.4 is 5.32 Å². The monoisotopic (exact) mass is 461 g/mol. The number of halogens is 1. The van der Waals surface area contributed by atoms with Crippen molar-refractivity contribution < 1.29 is 0 Å². The van der Waals surface area contributed by atoms with Crippen LogP contribution in [0.4, 0.5) is 0 Å². The third kappa shape index (κ3) is 5.80. The van der Waals surface area contributed by atoms with Gasteiger partial charge in [-0.05, 0) is 45.2 Å². The molecule has 3 rings (SSSR count). The maximum atomic E-state index is 4.77. The van der Waals surface area contributed by atoms with E-state index < -0.39 is 0 Å². The fraction of sp³-hybridized carbons (Fsp3) is 0.824. The van der Waals surface area contributed by atoms with E-state index in [-0.39, 0.29) is 24.0 Å². The predicted molar refractivity (Wildman–Crippen MR) is 111 cm³/mol. The highest BCUT2D eigenvalue weighted by Crippen LogP contribution is 2.20. The van der Waals surface area contributed by atoms with Crippen LogP contribution in [0.25, 0.3) is 0 Å². The van der Waals surface area contributed by atoms with Gasteiger partial charge >= 0.3 is 0 Å². The molecule has 25 heavy (non-hydrogen) atoms. The second-order valence-corrected chi connectivity index (χ2v) is 6.93. The average Bonchev–Trinajstić information content (AvgIpc) is 3.22. The van der Waals surface area contributed by atoms with Crippen LogP contribution in [0, 0.1) is 5.92 Å². The van der Waals surface area contributed by atoms with E-state index in [9.17, 15) is 0 Å². The minimum absolute atomic E-state index is 0. The molecule has 0 spiro atoms. The summed E-state index contributed by atoms with van der Waals surface area (Å²) in [4.78, 5) is 14.1. The Balaban J connectivity index is 0.00000225. The molecular weight excluding hydrogens is 429 g/mol. The first-order chi connectivity index (χ1) is 11.8. The summed E-state index contributed by atoms with van der Waals surface area (Å²) < 4.78 is 1.79. The van der Waals surface area contributed by atoms with Crippen LogP contribution in [0.3, 0.4) is 0 Å². The maximum absolute atomic E-state index is 4.77. The zero-order valence-corrected chi connectivity index (χ0v) is 17.9. The lowest BCUT2D eigenvalue weighted by Crippen LogP contribution is -2.41. The number of likely N-dealkylation sites (tertiary alicyclic amines) is 2. The van der Waals surface area contributed by atoms with Crippen molar-refractivity contribution in [2.75, 3.05) is 39.3 Å². The molecule has 142 valence electrons. The number of hydrogen-bond acceptors (Lipinski definition) is 4. The first-order valence-corrected chi connectivity index (χ1v) is 9.34. The van der Waals surface area contributed by atoms with Gasteiger partial charge in [-0.2, -0.15) is 5.10 Å². The van der Waals surface area contributed by atoms with E-state index in [0.717, 1.165) is 37.3 Å². The normalized spacial score (nSPS) is 22.1. The summed E-state index contributed by atoms with van der Waals surface area (Å²) in [5, 5.41) is 7.55. The van der Waals surface area contributed by atoms with Crippen molar-refractivity contribution in [3.8, 4) is 0 Å². The molecule has 1 atom stereocenters. The van der Waals surface area contributed by atoms with E-state index in [1.165, 1.54) is 45.3 Å². The minimum Gasteiger partial charge on any atom is -0.357 e. The Morgan fingerprint density at radius 3 is 2.76 bits per heavy atom. The summed E-state index contributed by atoms with van der Waals surface area (Å²) in [5.41, 5.74) is 0. The van der Waals surface area contributed by atoms with Crippen LogP contribution in [0.5, 0.6) is 0 Å². The molecule has 0 aliphatic carbocycles. The van der Waals surface area contributed by atoms with Crippen LogP contribution >= 0.6 is 24.0 Å². The standard InChI is InChI=1S/C17H31N7.HI/c1-3-18-17(19-11-16-20-14-21-22(16)2)24-10-7-15(13-24)12-23-8-5-4-6-9-23;/h14-15H,3-13H2,1-2H3,(H,18,19);1H. The van der Waals surface area contributed by atoms with Gasteiger partial charge in [0.25, 0.3) is 0 Å². The number of rotatable bonds is 5. The van der Waals surface area contributed by atoms with Crippen LogP contribution in [0.1, 0.15) is 38.4 Å². The molecule has 2 aliphatic rings. The number of guanidine groups is 1. The number of piperidine rings is 1. The van der Waals surface area contributed by atoms with Gasteiger partial charge in [-0.25, -0.2) is 9.98 Å². The van der Waals surface area contributed by atoms with E-state index in [4.69, 9.17) is 4.99 Å². The molecule has 7 nitrogen and oxygen atoms in total. The second-order valence-electron chi connectivity index (χ2n) is 6.93. The molecule has 1 aromatic heterocycles. The van der Waals surface area contributed by atoms with Crippen LogP contribution in [-0.4, -0.2) is 69.8 Å². The lowest BCUT2D eigenvalue weighted by atomic mass is 10.1. The van der Waals surface area contributed by atoms with E-state index in [1.54, 1.807) is 11.0 Å². The third-order valence-corrected chi connectivity index (χ3v) is 5.06. The van der Waals surface area contributed by atoms with E-state index in [0.29, 0.717) is 6.54 Å². The molecule has 0 aromatic carbocycles. The van der Waals surface area contributed by atoms with Gasteiger partial charge in [0, 0.05) is 33.2 Å². The van der Waals surface area contributed by atoms with E-state index >= 15 is 0 Å². The first kappa shape index (κ1) is 20.4. The lowest BCUT2D eigenvalue weighted by Gasteiger charge is -2.29. The Morgan fingerprint density at radius 2 is 2.08 bits per heavy atom. The fourth-order valence-electron chi connectivity index (χ4n) is 3.72. The second kappa shape index (κ2) is 10.3. The topological polar surface area (TPSA) is 61.6 Å². The van der Waals surface area contributed by atoms with Gasteiger partial charge in [0.05, 0.1) is 0 Å². The van der Waals surface area contributed by atoms with Gasteiger partial charge in [-0.15, -0.1) is 24.0 Å². The van der Waals surface area contributed by atoms with Crippen LogP contribution in [0.15, 0.2) is 11.3 Å². The quantitative estimate of drug-likeness (QED) is 0.411. The highest BCUT2D eigenvalue weighted by atomic mass is 127. The minimum atomic E-state index is 0. The maximum Gasteiger partial charge on any atom is 0.194 e. The first-order valence-electron chi connectivity index (χ1n) is 9.34. The smallest absolute Gasteiger partial charge is 0.194 e. The SMILES string of the molecule is CCNC(=NCc1ncnn1C)N1CCC(CN2CCCCC2)C1.I. The summed E-state index contributed by atoms with van der Waals surface area (Å²) in [5.74, 6) is 2.68. The summed E-state index contributed by atoms with van der Waals surface area (Å²) in [6.07, 6.45) is 7.01. The van der Waals surface area contributed by atoms with Crippen molar-refractivity contribution in [1.29, 1.82) is 0 Å². The van der Waals surface area contributed by atoms with Crippen molar-refractivity contribution in [2.24, 2.45) is 18.0 Å². The van der Waals surface area contributed by atoms with E-state index in [2.05, 4.69) is 32.1 Å². The Labute approximate surface area is 168 Å². The number of hydrogen-bond donors (Lipinski definition) is 1. The molecule has 2 saturated heterocycles. The molecule has 2 aliphatic heterocycles. The fourth-order valence-corrected chi connectivity index (χ4v) is 3.72. The highest BCUT2D eigenvalue weighted by molar-refractivity contribution is 14.0. The van der Waals surface area contributed by atoms with Gasteiger partial charge in [0.2, 0.25) is 0 Å². The largest absolute Gasteiger partial charge is 0.357 e. The summed E-state index contributed by atoms with van der Waals surface area (Å²) in [6.45, 7) is 9.63. The number of aryl methyl sites for hydroxylation is 1. The molecule has 8 heteroatoms. The molecule has 1 unspecified atom stereocenters. The summed E-state index contributed by atoms with van der Waals surface area (Å²) in [6, 6.07) is 0. The zero-order chi connectivity index (χ0) is 16.8. The molecule has 3 heterocycles. The van der Waals surface area contributed by atoms with Gasteiger partial charge in [-0.1, -0.05) is 6.42 Å². The molecule has 0 bridgehead atoms. The van der Waals surface area contributed by atoms with Crippen molar-refractivity contribution in [1.82, 2.24) is 29.9 Å². The van der Waals surface area contributed by atoms with Gasteiger partial charge in [0.1, 0.15) is 18.7 Å². The predicted octanol–water partition coefficient (Wildman–Crippen LogP) is 1.71. The van der Waals surface area contributed by atoms with Crippen molar-refractivity contribution in [3.63, 3.8) is 0 Å². The van der Waals surface area contributed by atoms with E-state index in [1.807, 2.05) is 7.05 Å².